The normalized spacial score (nSPS) is 15.1. The molecule has 0 saturated carbocycles. The number of esters is 1. The van der Waals surface area contributed by atoms with Crippen LogP contribution in [0.3, 0.4) is 0 Å². The van der Waals surface area contributed by atoms with Gasteiger partial charge in [0.1, 0.15) is 18.1 Å². The van der Waals surface area contributed by atoms with Crippen molar-refractivity contribution in [1.82, 2.24) is 4.90 Å². The summed E-state index contributed by atoms with van der Waals surface area (Å²) in [6.07, 6.45) is 0.477. The van der Waals surface area contributed by atoms with E-state index < -0.39 is 11.9 Å². The molecule has 1 heterocycles. The van der Waals surface area contributed by atoms with Gasteiger partial charge >= 0.3 is 5.97 Å². The molecule has 0 bridgehead atoms. The first-order valence-corrected chi connectivity index (χ1v) is 9.87. The number of benzene rings is 2. The van der Waals surface area contributed by atoms with Gasteiger partial charge in [-0.1, -0.05) is 23.7 Å². The summed E-state index contributed by atoms with van der Waals surface area (Å²) in [4.78, 5) is 26.2. The molecule has 0 aliphatic carbocycles. The van der Waals surface area contributed by atoms with Crippen molar-refractivity contribution in [3.8, 4) is 11.5 Å². The van der Waals surface area contributed by atoms with Gasteiger partial charge in [-0.3, -0.25) is 9.59 Å². The molecule has 0 N–H and O–H groups in total. The SMILES string of the molecule is CCOc1ccc(CN(C)C(=O)COC(=O)[C@H]2COc3ccc(Cl)cc3C2)cc1. The van der Waals surface area contributed by atoms with E-state index in [0.717, 1.165) is 22.6 Å². The minimum atomic E-state index is -0.454. The summed E-state index contributed by atoms with van der Waals surface area (Å²) in [7, 11) is 1.68. The maximum absolute atomic E-state index is 12.4. The molecular formula is C22H24ClNO5. The van der Waals surface area contributed by atoms with E-state index in [0.29, 0.717) is 24.6 Å². The van der Waals surface area contributed by atoms with Gasteiger partial charge < -0.3 is 19.1 Å². The van der Waals surface area contributed by atoms with Crippen molar-refractivity contribution in [2.75, 3.05) is 26.9 Å². The highest BCUT2D eigenvalue weighted by Crippen LogP contribution is 2.30. The highest BCUT2D eigenvalue weighted by molar-refractivity contribution is 6.30. The van der Waals surface area contributed by atoms with E-state index in [-0.39, 0.29) is 19.1 Å². The van der Waals surface area contributed by atoms with E-state index in [2.05, 4.69) is 0 Å². The monoisotopic (exact) mass is 417 g/mol. The van der Waals surface area contributed by atoms with Gasteiger partial charge in [0.05, 0.1) is 12.5 Å². The molecule has 0 saturated heterocycles. The summed E-state index contributed by atoms with van der Waals surface area (Å²) in [6.45, 7) is 2.87. The number of carbonyl (C=O) groups excluding carboxylic acids is 2. The number of fused-ring (bicyclic) bond motifs is 1. The van der Waals surface area contributed by atoms with Gasteiger partial charge in [0, 0.05) is 18.6 Å². The number of halogens is 1. The summed E-state index contributed by atoms with van der Waals surface area (Å²) in [5, 5.41) is 0.590. The van der Waals surface area contributed by atoms with Crippen molar-refractivity contribution < 1.29 is 23.8 Å². The Bertz CT molecular complexity index is 868. The van der Waals surface area contributed by atoms with Crippen LogP contribution in [0, 0.1) is 5.92 Å². The van der Waals surface area contributed by atoms with Gasteiger partial charge in [0.15, 0.2) is 6.61 Å². The third-order valence-electron chi connectivity index (χ3n) is 4.68. The van der Waals surface area contributed by atoms with Crippen LogP contribution in [0.4, 0.5) is 0 Å². The fraction of sp³-hybridized carbons (Fsp3) is 0.364. The van der Waals surface area contributed by atoms with Crippen LogP contribution in [0.15, 0.2) is 42.5 Å². The predicted molar refractivity (Wildman–Crippen MR) is 109 cm³/mol. The van der Waals surface area contributed by atoms with Gasteiger partial charge in [0.25, 0.3) is 5.91 Å². The summed E-state index contributed by atoms with van der Waals surface area (Å²) in [5.41, 5.74) is 1.83. The molecule has 0 spiro atoms. The second-order valence-corrected chi connectivity index (χ2v) is 7.34. The van der Waals surface area contributed by atoms with Gasteiger partial charge in [-0.25, -0.2) is 0 Å². The van der Waals surface area contributed by atoms with Crippen LogP contribution in [-0.2, 0) is 27.3 Å². The third kappa shape index (κ3) is 5.64. The molecule has 29 heavy (non-hydrogen) atoms. The molecule has 0 fully saturated rings. The summed E-state index contributed by atoms with van der Waals surface area (Å²) in [6, 6.07) is 12.9. The van der Waals surface area contributed by atoms with Crippen LogP contribution >= 0.6 is 11.6 Å². The van der Waals surface area contributed by atoms with Crippen molar-refractivity contribution >= 4 is 23.5 Å². The average molecular weight is 418 g/mol. The van der Waals surface area contributed by atoms with Crippen molar-refractivity contribution in [1.29, 1.82) is 0 Å². The highest BCUT2D eigenvalue weighted by atomic mass is 35.5. The molecule has 6 nitrogen and oxygen atoms in total. The molecule has 1 aliphatic rings. The number of ether oxygens (including phenoxy) is 3. The van der Waals surface area contributed by atoms with Crippen LogP contribution in [0.5, 0.6) is 11.5 Å². The molecule has 154 valence electrons. The quantitative estimate of drug-likeness (QED) is 0.645. The first-order chi connectivity index (χ1) is 14.0. The topological polar surface area (TPSA) is 65.1 Å². The lowest BCUT2D eigenvalue weighted by Gasteiger charge is -2.24. The average Bonchev–Trinajstić information content (AvgIpc) is 2.72. The standard InChI is InChI=1S/C22H24ClNO5/c1-3-27-19-7-4-15(5-8-19)12-24(2)21(25)14-29-22(26)17-10-16-11-18(23)6-9-20(16)28-13-17/h4-9,11,17H,3,10,12-14H2,1-2H3/t17-/m1/s1. The molecule has 1 amide bonds. The predicted octanol–water partition coefficient (Wildman–Crippen LogP) is 3.49. The van der Waals surface area contributed by atoms with Crippen LogP contribution in [-0.4, -0.2) is 43.6 Å². The van der Waals surface area contributed by atoms with E-state index >= 15 is 0 Å². The van der Waals surface area contributed by atoms with Crippen LogP contribution in [0.1, 0.15) is 18.1 Å². The van der Waals surface area contributed by atoms with Crippen LogP contribution in [0.25, 0.3) is 0 Å². The first kappa shape index (κ1) is 21.0. The van der Waals surface area contributed by atoms with E-state index in [1.165, 1.54) is 4.90 Å². The Morgan fingerprint density at radius 3 is 2.69 bits per heavy atom. The van der Waals surface area contributed by atoms with Crippen molar-refractivity contribution in [2.45, 2.75) is 19.9 Å². The second kappa shape index (κ2) is 9.65. The number of rotatable bonds is 7. The lowest BCUT2D eigenvalue weighted by atomic mass is 9.97. The molecule has 7 heteroatoms. The molecule has 0 aromatic heterocycles. The maximum atomic E-state index is 12.4. The number of hydrogen-bond acceptors (Lipinski definition) is 5. The summed E-state index contributed by atoms with van der Waals surface area (Å²) < 4.78 is 16.3. The third-order valence-corrected chi connectivity index (χ3v) is 4.92. The summed E-state index contributed by atoms with van der Waals surface area (Å²) in [5.74, 6) is 0.345. The lowest BCUT2D eigenvalue weighted by Crippen LogP contribution is -2.34. The zero-order valence-corrected chi connectivity index (χ0v) is 17.3. The zero-order valence-electron chi connectivity index (χ0n) is 16.5. The molecule has 2 aromatic rings. The Morgan fingerprint density at radius 1 is 1.21 bits per heavy atom. The maximum Gasteiger partial charge on any atom is 0.313 e. The Kier molecular flexibility index (Phi) is 6.99. The molecule has 0 radical (unpaired) electrons. The summed E-state index contributed by atoms with van der Waals surface area (Å²) >= 11 is 6.00. The molecule has 3 rings (SSSR count). The van der Waals surface area contributed by atoms with E-state index in [4.69, 9.17) is 25.8 Å². The van der Waals surface area contributed by atoms with Gasteiger partial charge in [-0.15, -0.1) is 0 Å². The fourth-order valence-corrected chi connectivity index (χ4v) is 3.29. The minimum absolute atomic E-state index is 0.226. The molecule has 0 unspecified atom stereocenters. The highest BCUT2D eigenvalue weighted by Gasteiger charge is 2.28. The molecule has 1 aliphatic heterocycles. The zero-order chi connectivity index (χ0) is 20.8. The molecule has 1 atom stereocenters. The van der Waals surface area contributed by atoms with E-state index in [1.807, 2.05) is 31.2 Å². The Morgan fingerprint density at radius 2 is 1.97 bits per heavy atom. The van der Waals surface area contributed by atoms with Gasteiger partial charge in [0.2, 0.25) is 0 Å². The molecular weight excluding hydrogens is 394 g/mol. The van der Waals surface area contributed by atoms with Crippen LogP contribution in [0.2, 0.25) is 5.02 Å². The lowest BCUT2D eigenvalue weighted by molar-refractivity contribution is -0.156. The van der Waals surface area contributed by atoms with Crippen molar-refractivity contribution in [2.24, 2.45) is 5.92 Å². The van der Waals surface area contributed by atoms with Gasteiger partial charge in [-0.2, -0.15) is 0 Å². The van der Waals surface area contributed by atoms with Crippen molar-refractivity contribution in [3.63, 3.8) is 0 Å². The number of carbonyl (C=O) groups is 2. The largest absolute Gasteiger partial charge is 0.494 e. The second-order valence-electron chi connectivity index (χ2n) is 6.90. The first-order valence-electron chi connectivity index (χ1n) is 9.50. The Labute approximate surface area is 175 Å². The Hall–Kier alpha value is -2.73. The Balaban J connectivity index is 1.47. The van der Waals surface area contributed by atoms with Crippen molar-refractivity contribution in [3.05, 3.63) is 58.6 Å². The minimum Gasteiger partial charge on any atom is -0.494 e. The smallest absolute Gasteiger partial charge is 0.313 e. The fourth-order valence-electron chi connectivity index (χ4n) is 3.10. The van der Waals surface area contributed by atoms with E-state index in [9.17, 15) is 9.59 Å². The van der Waals surface area contributed by atoms with Crippen LogP contribution < -0.4 is 9.47 Å². The van der Waals surface area contributed by atoms with Gasteiger partial charge in [-0.05, 0) is 54.8 Å². The van der Waals surface area contributed by atoms with E-state index in [1.54, 1.807) is 25.2 Å². The molecule has 2 aromatic carbocycles. The number of nitrogens with zero attached hydrogens (tertiary/aromatic N) is 1. The number of hydrogen-bond donors (Lipinski definition) is 0. The number of likely N-dealkylation sites (N-methyl/N-ethyl adjacent to an activating group) is 1. The number of amides is 1.